The van der Waals surface area contributed by atoms with Gasteiger partial charge in [0.05, 0.1) is 12.1 Å². The number of carbonyl (C=O) groups is 2. The number of rotatable bonds is 9. The second-order valence-corrected chi connectivity index (χ2v) is 7.92. The monoisotopic (exact) mass is 422 g/mol. The minimum atomic E-state index is -0.456. The summed E-state index contributed by atoms with van der Waals surface area (Å²) in [6, 6.07) is 16.3. The minimum Gasteiger partial charge on any atom is -0.455 e. The topological polar surface area (TPSA) is 68.3 Å². The van der Waals surface area contributed by atoms with Crippen LogP contribution in [0.3, 0.4) is 0 Å². The zero-order valence-corrected chi connectivity index (χ0v) is 18.1. The third kappa shape index (κ3) is 6.26. The third-order valence-corrected chi connectivity index (χ3v) is 5.77. The Morgan fingerprint density at radius 1 is 1.10 bits per heavy atom. The molecule has 0 bridgehead atoms. The van der Waals surface area contributed by atoms with Gasteiger partial charge in [-0.3, -0.25) is 9.59 Å². The molecule has 30 heavy (non-hydrogen) atoms. The molecular formula is C24H26N2O3S. The number of carbonyl (C=O) groups excluding carboxylic acids is 2. The number of aryl methyl sites for hydroxylation is 2. The predicted octanol–water partition coefficient (Wildman–Crippen LogP) is 4.13. The summed E-state index contributed by atoms with van der Waals surface area (Å²) in [4.78, 5) is 28.5. The van der Waals surface area contributed by atoms with Crippen LogP contribution in [0.25, 0.3) is 10.6 Å². The van der Waals surface area contributed by atoms with Gasteiger partial charge in [-0.05, 0) is 36.5 Å². The molecule has 1 N–H and O–H groups in total. The maximum atomic E-state index is 12.0. The molecule has 156 valence electrons. The van der Waals surface area contributed by atoms with Crippen LogP contribution in [0.15, 0.2) is 53.9 Å². The number of esters is 1. The lowest BCUT2D eigenvalue weighted by molar-refractivity contribution is -0.147. The molecule has 0 aliphatic rings. The second-order valence-electron chi connectivity index (χ2n) is 7.06. The number of benzene rings is 2. The number of thiazole rings is 1. The van der Waals surface area contributed by atoms with Crippen molar-refractivity contribution in [3.05, 3.63) is 76.3 Å². The average molecular weight is 423 g/mol. The molecule has 3 aromatic rings. The van der Waals surface area contributed by atoms with Crippen LogP contribution in [-0.2, 0) is 33.6 Å². The van der Waals surface area contributed by atoms with Crippen molar-refractivity contribution in [2.24, 2.45) is 0 Å². The molecule has 0 atom stereocenters. The van der Waals surface area contributed by atoms with E-state index in [9.17, 15) is 9.59 Å². The highest BCUT2D eigenvalue weighted by atomic mass is 32.1. The molecule has 0 unspecified atom stereocenters. The summed E-state index contributed by atoms with van der Waals surface area (Å²) in [5.74, 6) is -0.755. The number of aromatic nitrogens is 1. The van der Waals surface area contributed by atoms with E-state index in [1.54, 1.807) is 0 Å². The molecular weight excluding hydrogens is 396 g/mol. The normalized spacial score (nSPS) is 10.6. The molecule has 0 saturated carbocycles. The van der Waals surface area contributed by atoms with Crippen molar-refractivity contribution in [2.75, 3.05) is 13.2 Å². The molecule has 5 nitrogen and oxygen atoms in total. The van der Waals surface area contributed by atoms with E-state index >= 15 is 0 Å². The van der Waals surface area contributed by atoms with Gasteiger partial charge in [0, 0.05) is 17.5 Å². The highest BCUT2D eigenvalue weighted by molar-refractivity contribution is 7.13. The van der Waals surface area contributed by atoms with E-state index < -0.39 is 5.97 Å². The van der Waals surface area contributed by atoms with Crippen LogP contribution in [0.4, 0.5) is 0 Å². The largest absolute Gasteiger partial charge is 0.455 e. The molecule has 0 aliphatic heterocycles. The van der Waals surface area contributed by atoms with Crippen molar-refractivity contribution in [1.29, 1.82) is 0 Å². The maximum Gasteiger partial charge on any atom is 0.312 e. The van der Waals surface area contributed by atoms with E-state index in [4.69, 9.17) is 4.74 Å². The molecule has 2 aromatic carbocycles. The number of amides is 1. The quantitative estimate of drug-likeness (QED) is 0.527. The molecule has 0 spiro atoms. The summed E-state index contributed by atoms with van der Waals surface area (Å²) < 4.78 is 5.09. The number of ether oxygens (including phenoxy) is 1. The van der Waals surface area contributed by atoms with Gasteiger partial charge in [0.15, 0.2) is 6.61 Å². The summed E-state index contributed by atoms with van der Waals surface area (Å²) >= 11 is 1.49. The predicted molar refractivity (Wildman–Crippen MR) is 119 cm³/mol. The van der Waals surface area contributed by atoms with Gasteiger partial charge < -0.3 is 10.1 Å². The second kappa shape index (κ2) is 10.7. The van der Waals surface area contributed by atoms with E-state index in [-0.39, 0.29) is 18.9 Å². The van der Waals surface area contributed by atoms with Crippen molar-refractivity contribution >= 4 is 23.2 Å². The van der Waals surface area contributed by atoms with Gasteiger partial charge in [0.1, 0.15) is 5.01 Å². The number of hydrogen-bond acceptors (Lipinski definition) is 5. The molecule has 3 rings (SSSR count). The van der Waals surface area contributed by atoms with Crippen LogP contribution in [-0.4, -0.2) is 30.0 Å². The molecule has 1 heterocycles. The Morgan fingerprint density at radius 3 is 2.60 bits per heavy atom. The van der Waals surface area contributed by atoms with Crippen LogP contribution >= 0.6 is 11.3 Å². The molecule has 1 amide bonds. The zero-order valence-electron chi connectivity index (χ0n) is 17.3. The average Bonchev–Trinajstić information content (AvgIpc) is 3.22. The van der Waals surface area contributed by atoms with E-state index in [0.717, 1.165) is 23.4 Å². The molecule has 0 radical (unpaired) electrons. The Balaban J connectivity index is 1.40. The van der Waals surface area contributed by atoms with Gasteiger partial charge in [-0.15, -0.1) is 11.3 Å². The van der Waals surface area contributed by atoms with Gasteiger partial charge in [-0.25, -0.2) is 4.98 Å². The Kier molecular flexibility index (Phi) is 7.74. The van der Waals surface area contributed by atoms with Gasteiger partial charge in [0.25, 0.3) is 5.91 Å². The summed E-state index contributed by atoms with van der Waals surface area (Å²) in [5, 5.41) is 5.51. The standard InChI is InChI=1S/C24H26N2O3S/c1-3-18-8-10-20(11-9-18)24-26-21(16-30-24)14-23(28)29-15-22(27)25-13-12-19-7-5-4-6-17(19)2/h4-11,16H,3,12-15H2,1-2H3,(H,25,27). The van der Waals surface area contributed by atoms with E-state index in [0.29, 0.717) is 12.2 Å². The van der Waals surface area contributed by atoms with Crippen LogP contribution in [0.5, 0.6) is 0 Å². The first kappa shape index (κ1) is 21.7. The fraction of sp³-hybridized carbons (Fsp3) is 0.292. The number of hydrogen-bond donors (Lipinski definition) is 1. The van der Waals surface area contributed by atoms with Gasteiger partial charge in [-0.2, -0.15) is 0 Å². The van der Waals surface area contributed by atoms with Crippen LogP contribution < -0.4 is 5.32 Å². The first-order chi connectivity index (χ1) is 14.5. The van der Waals surface area contributed by atoms with Crippen molar-refractivity contribution < 1.29 is 14.3 Å². The zero-order chi connectivity index (χ0) is 21.3. The lowest BCUT2D eigenvalue weighted by atomic mass is 10.1. The summed E-state index contributed by atoms with van der Waals surface area (Å²) in [7, 11) is 0. The maximum absolute atomic E-state index is 12.0. The lowest BCUT2D eigenvalue weighted by Crippen LogP contribution is -2.30. The molecule has 0 fully saturated rings. The Morgan fingerprint density at radius 2 is 1.87 bits per heavy atom. The third-order valence-electron chi connectivity index (χ3n) is 4.83. The highest BCUT2D eigenvalue weighted by Gasteiger charge is 2.12. The van der Waals surface area contributed by atoms with Gasteiger partial charge in [0.2, 0.25) is 0 Å². The number of nitrogens with one attached hydrogen (secondary N) is 1. The number of nitrogens with zero attached hydrogens (tertiary/aromatic N) is 1. The molecule has 0 aliphatic carbocycles. The van der Waals surface area contributed by atoms with Crippen molar-refractivity contribution in [1.82, 2.24) is 10.3 Å². The van der Waals surface area contributed by atoms with E-state index in [1.807, 2.05) is 48.7 Å². The smallest absolute Gasteiger partial charge is 0.312 e. The first-order valence-electron chi connectivity index (χ1n) is 10.1. The van der Waals surface area contributed by atoms with E-state index in [1.165, 1.54) is 28.0 Å². The van der Waals surface area contributed by atoms with E-state index in [2.05, 4.69) is 29.4 Å². The highest BCUT2D eigenvalue weighted by Crippen LogP contribution is 2.24. The van der Waals surface area contributed by atoms with Crippen LogP contribution in [0, 0.1) is 6.92 Å². The molecule has 0 saturated heterocycles. The molecule has 1 aromatic heterocycles. The Hall–Kier alpha value is -2.99. The SMILES string of the molecule is CCc1ccc(-c2nc(CC(=O)OCC(=O)NCCc3ccccc3C)cs2)cc1. The Bertz CT molecular complexity index is 996. The van der Waals surface area contributed by atoms with Crippen molar-refractivity contribution in [3.63, 3.8) is 0 Å². The van der Waals surface area contributed by atoms with Crippen LogP contribution in [0.2, 0.25) is 0 Å². The minimum absolute atomic E-state index is 0.0556. The molecule has 6 heteroatoms. The van der Waals surface area contributed by atoms with Gasteiger partial charge >= 0.3 is 5.97 Å². The lowest BCUT2D eigenvalue weighted by Gasteiger charge is -2.08. The summed E-state index contributed by atoms with van der Waals surface area (Å²) in [6.45, 7) is 4.39. The van der Waals surface area contributed by atoms with Crippen LogP contribution in [0.1, 0.15) is 29.3 Å². The fourth-order valence-corrected chi connectivity index (χ4v) is 3.85. The van der Waals surface area contributed by atoms with Gasteiger partial charge in [-0.1, -0.05) is 55.5 Å². The summed E-state index contributed by atoms with van der Waals surface area (Å²) in [6.07, 6.45) is 1.79. The summed E-state index contributed by atoms with van der Waals surface area (Å²) in [5.41, 5.74) is 5.35. The Labute approximate surface area is 181 Å². The fourth-order valence-electron chi connectivity index (χ4n) is 3.03. The van der Waals surface area contributed by atoms with Crippen molar-refractivity contribution in [3.8, 4) is 10.6 Å². The van der Waals surface area contributed by atoms with Crippen molar-refractivity contribution in [2.45, 2.75) is 33.1 Å². The first-order valence-corrected chi connectivity index (χ1v) is 10.9.